The minimum absolute atomic E-state index is 0.898. The van der Waals surface area contributed by atoms with Crippen LogP contribution in [0.3, 0.4) is 0 Å². The van der Waals surface area contributed by atoms with Gasteiger partial charge in [0.05, 0.1) is 11.0 Å². The highest BCUT2D eigenvalue weighted by Crippen LogP contribution is 2.27. The van der Waals surface area contributed by atoms with Gasteiger partial charge in [-0.05, 0) is 36.9 Å². The normalized spacial score (nSPS) is 11.0. The molecule has 0 saturated carbocycles. The molecule has 0 radical (unpaired) electrons. The van der Waals surface area contributed by atoms with E-state index in [4.69, 9.17) is 0 Å². The zero-order valence-corrected chi connectivity index (χ0v) is 11.5. The molecule has 0 aliphatic rings. The van der Waals surface area contributed by atoms with Crippen LogP contribution in [0, 0.1) is 0 Å². The number of imidazole rings is 1. The van der Waals surface area contributed by atoms with Crippen LogP contribution in [0.15, 0.2) is 58.6 Å². The number of aromatic nitrogens is 2. The molecule has 0 saturated heterocycles. The number of benzene rings is 2. The topological polar surface area (TPSA) is 40.7 Å². The Balaban J connectivity index is 1.80. The maximum Gasteiger partial charge on any atom is 0.171 e. The number of nitrogens with zero attached hydrogens (tertiary/aromatic N) is 1. The van der Waals surface area contributed by atoms with E-state index in [0.717, 1.165) is 22.7 Å². The Morgan fingerprint density at radius 2 is 1.89 bits per heavy atom. The summed E-state index contributed by atoms with van der Waals surface area (Å²) >= 11 is 1.65. The second kappa shape index (κ2) is 5.47. The molecule has 0 bridgehead atoms. The number of H-pyrrole nitrogens is 1. The number of para-hydroxylation sites is 2. The Bertz CT molecular complexity index is 640. The third kappa shape index (κ3) is 2.80. The van der Waals surface area contributed by atoms with E-state index in [1.807, 2.05) is 31.3 Å². The van der Waals surface area contributed by atoms with Crippen molar-refractivity contribution >= 4 is 22.8 Å². The molecule has 1 heterocycles. The Morgan fingerprint density at radius 3 is 2.63 bits per heavy atom. The first-order chi connectivity index (χ1) is 9.35. The van der Waals surface area contributed by atoms with Crippen molar-refractivity contribution in [3.8, 4) is 0 Å². The summed E-state index contributed by atoms with van der Waals surface area (Å²) in [5.41, 5.74) is 3.38. The standard InChI is InChI=1S/C15H15N3S/c1-16-10-11-6-8-12(9-7-11)19-15-17-13-4-2-3-5-14(13)18-15/h2-9,16H,10H2,1H3,(H,17,18). The van der Waals surface area contributed by atoms with E-state index in [2.05, 4.69) is 39.6 Å². The fraction of sp³-hybridized carbons (Fsp3) is 0.133. The first kappa shape index (κ1) is 12.3. The van der Waals surface area contributed by atoms with Gasteiger partial charge in [0.25, 0.3) is 0 Å². The zero-order valence-electron chi connectivity index (χ0n) is 10.7. The Morgan fingerprint density at radius 1 is 1.11 bits per heavy atom. The van der Waals surface area contributed by atoms with Gasteiger partial charge in [0.15, 0.2) is 5.16 Å². The molecule has 0 amide bonds. The van der Waals surface area contributed by atoms with Crippen LogP contribution in [-0.2, 0) is 6.54 Å². The van der Waals surface area contributed by atoms with Crippen LogP contribution in [0.5, 0.6) is 0 Å². The molecule has 0 atom stereocenters. The van der Waals surface area contributed by atoms with Crippen molar-refractivity contribution in [3.05, 3.63) is 54.1 Å². The van der Waals surface area contributed by atoms with E-state index in [0.29, 0.717) is 0 Å². The van der Waals surface area contributed by atoms with Crippen LogP contribution in [0.25, 0.3) is 11.0 Å². The highest BCUT2D eigenvalue weighted by Gasteiger charge is 2.04. The van der Waals surface area contributed by atoms with Crippen molar-refractivity contribution in [2.75, 3.05) is 7.05 Å². The van der Waals surface area contributed by atoms with Crippen molar-refractivity contribution in [2.24, 2.45) is 0 Å². The quantitative estimate of drug-likeness (QED) is 0.762. The number of aromatic amines is 1. The van der Waals surface area contributed by atoms with Crippen LogP contribution < -0.4 is 5.32 Å². The average Bonchev–Trinajstić information content (AvgIpc) is 2.83. The van der Waals surface area contributed by atoms with Crippen molar-refractivity contribution in [1.29, 1.82) is 0 Å². The first-order valence-corrected chi connectivity index (χ1v) is 7.03. The summed E-state index contributed by atoms with van der Waals surface area (Å²) in [6.07, 6.45) is 0. The summed E-state index contributed by atoms with van der Waals surface area (Å²) in [7, 11) is 1.96. The van der Waals surface area contributed by atoms with Gasteiger partial charge in [-0.15, -0.1) is 0 Å². The number of hydrogen-bond acceptors (Lipinski definition) is 3. The summed E-state index contributed by atoms with van der Waals surface area (Å²) in [4.78, 5) is 9.08. The molecule has 0 aliphatic carbocycles. The number of fused-ring (bicyclic) bond motifs is 1. The van der Waals surface area contributed by atoms with Crippen LogP contribution in [-0.4, -0.2) is 17.0 Å². The maximum atomic E-state index is 4.56. The lowest BCUT2D eigenvalue weighted by Crippen LogP contribution is -2.04. The third-order valence-corrected chi connectivity index (χ3v) is 3.78. The van der Waals surface area contributed by atoms with Gasteiger partial charge in [0.1, 0.15) is 0 Å². The molecule has 2 N–H and O–H groups in total. The van der Waals surface area contributed by atoms with E-state index in [1.54, 1.807) is 11.8 Å². The highest BCUT2D eigenvalue weighted by molar-refractivity contribution is 7.99. The van der Waals surface area contributed by atoms with E-state index < -0.39 is 0 Å². The lowest BCUT2D eigenvalue weighted by molar-refractivity contribution is 0.817. The van der Waals surface area contributed by atoms with Crippen molar-refractivity contribution in [1.82, 2.24) is 15.3 Å². The minimum atomic E-state index is 0.898. The molecule has 19 heavy (non-hydrogen) atoms. The molecule has 3 rings (SSSR count). The van der Waals surface area contributed by atoms with Gasteiger partial charge in [0.2, 0.25) is 0 Å². The van der Waals surface area contributed by atoms with E-state index in [1.165, 1.54) is 10.5 Å². The van der Waals surface area contributed by atoms with Gasteiger partial charge in [-0.25, -0.2) is 4.98 Å². The highest BCUT2D eigenvalue weighted by atomic mass is 32.2. The molecule has 96 valence electrons. The molecule has 3 aromatic rings. The van der Waals surface area contributed by atoms with Crippen molar-refractivity contribution in [3.63, 3.8) is 0 Å². The fourth-order valence-corrected chi connectivity index (χ4v) is 2.77. The largest absolute Gasteiger partial charge is 0.333 e. The summed E-state index contributed by atoms with van der Waals surface area (Å²) in [5.74, 6) is 0. The monoisotopic (exact) mass is 269 g/mol. The van der Waals surface area contributed by atoms with Gasteiger partial charge in [0, 0.05) is 11.4 Å². The van der Waals surface area contributed by atoms with E-state index in [-0.39, 0.29) is 0 Å². The van der Waals surface area contributed by atoms with Crippen molar-refractivity contribution in [2.45, 2.75) is 16.6 Å². The summed E-state index contributed by atoms with van der Waals surface area (Å²) in [6.45, 7) is 0.898. The summed E-state index contributed by atoms with van der Waals surface area (Å²) in [5, 5.41) is 4.08. The molecule has 2 aromatic carbocycles. The minimum Gasteiger partial charge on any atom is -0.333 e. The number of nitrogens with one attached hydrogen (secondary N) is 2. The molecule has 0 spiro atoms. The smallest absolute Gasteiger partial charge is 0.171 e. The van der Waals surface area contributed by atoms with Gasteiger partial charge in [-0.1, -0.05) is 36.0 Å². The van der Waals surface area contributed by atoms with Crippen LogP contribution in [0.4, 0.5) is 0 Å². The predicted molar refractivity (Wildman–Crippen MR) is 79.4 cm³/mol. The van der Waals surface area contributed by atoms with Crippen molar-refractivity contribution < 1.29 is 0 Å². The molecule has 0 fully saturated rings. The Hall–Kier alpha value is -1.78. The van der Waals surface area contributed by atoms with Crippen LogP contribution >= 0.6 is 11.8 Å². The number of rotatable bonds is 4. The molecule has 0 unspecified atom stereocenters. The first-order valence-electron chi connectivity index (χ1n) is 6.21. The molecule has 4 heteroatoms. The molecule has 1 aromatic heterocycles. The lowest BCUT2D eigenvalue weighted by atomic mass is 10.2. The Labute approximate surface area is 116 Å². The molecular weight excluding hydrogens is 254 g/mol. The second-order valence-corrected chi connectivity index (χ2v) is 5.40. The van der Waals surface area contributed by atoms with Gasteiger partial charge >= 0.3 is 0 Å². The third-order valence-electron chi connectivity index (χ3n) is 2.89. The van der Waals surface area contributed by atoms with Gasteiger partial charge in [-0.3, -0.25) is 0 Å². The fourth-order valence-electron chi connectivity index (χ4n) is 1.97. The summed E-state index contributed by atoms with van der Waals surface area (Å²) < 4.78 is 0. The zero-order chi connectivity index (χ0) is 13.1. The molecule has 0 aliphatic heterocycles. The van der Waals surface area contributed by atoms with E-state index >= 15 is 0 Å². The predicted octanol–water partition coefficient (Wildman–Crippen LogP) is 3.43. The maximum absolute atomic E-state index is 4.56. The van der Waals surface area contributed by atoms with E-state index in [9.17, 15) is 0 Å². The number of hydrogen-bond donors (Lipinski definition) is 2. The molecule has 3 nitrogen and oxygen atoms in total. The van der Waals surface area contributed by atoms with Crippen LogP contribution in [0.2, 0.25) is 0 Å². The molecular formula is C15H15N3S. The van der Waals surface area contributed by atoms with Gasteiger partial charge < -0.3 is 10.3 Å². The second-order valence-electron chi connectivity index (χ2n) is 4.34. The van der Waals surface area contributed by atoms with Crippen LogP contribution in [0.1, 0.15) is 5.56 Å². The average molecular weight is 269 g/mol. The lowest BCUT2D eigenvalue weighted by Gasteiger charge is -2.01. The SMILES string of the molecule is CNCc1ccc(Sc2nc3ccccc3[nH]2)cc1. The van der Waals surface area contributed by atoms with Gasteiger partial charge in [-0.2, -0.15) is 0 Å². The Kier molecular flexibility index (Phi) is 3.53. The summed E-state index contributed by atoms with van der Waals surface area (Å²) in [6, 6.07) is 16.6.